The van der Waals surface area contributed by atoms with E-state index >= 15 is 0 Å². The summed E-state index contributed by atoms with van der Waals surface area (Å²) in [5.41, 5.74) is 0. The quantitative estimate of drug-likeness (QED) is 0.403. The van der Waals surface area contributed by atoms with Gasteiger partial charge in [-0.25, -0.2) is 0 Å². The van der Waals surface area contributed by atoms with Crippen LogP contribution in [0.2, 0.25) is 0 Å². The number of hydrogen-bond acceptors (Lipinski definition) is 0. The van der Waals surface area contributed by atoms with Crippen molar-refractivity contribution in [1.82, 2.24) is 0 Å². The van der Waals surface area contributed by atoms with Gasteiger partial charge in [-0.1, -0.05) is 0 Å². The normalized spacial score (nSPS) is 6.00. The Morgan fingerprint density at radius 3 is 1.50 bits per heavy atom. The van der Waals surface area contributed by atoms with Gasteiger partial charge in [0.15, 0.2) is 0 Å². The number of hydrogen-bond donors (Lipinski definition) is 0. The molecule has 1 nitrogen and oxygen atoms in total. The average molecular weight is 158 g/mol. The molecule has 2 heteroatoms. The van der Waals surface area contributed by atoms with Crippen LogP contribution in [-0.4, -0.2) is 0 Å². The Morgan fingerprint density at radius 2 is 1.38 bits per heavy atom. The molecule has 0 radical (unpaired) electrons. The summed E-state index contributed by atoms with van der Waals surface area (Å²) in [4.78, 5) is 0. The smallest absolute Gasteiger partial charge is 2.00 e. The Balaban J connectivity index is 0. The summed E-state index contributed by atoms with van der Waals surface area (Å²) in [6, 6.07) is 12.5. The zero-order chi connectivity index (χ0) is 4.24. The van der Waals surface area contributed by atoms with Crippen molar-refractivity contribution in [2.24, 2.45) is 0 Å². The van der Waals surface area contributed by atoms with Gasteiger partial charge in [-0.15, -0.1) is 0 Å². The van der Waals surface area contributed by atoms with E-state index in [1.54, 1.807) is 0 Å². The van der Waals surface area contributed by atoms with Crippen LogP contribution >= 0.6 is 0 Å². The second-order valence-corrected chi connectivity index (χ2v) is 1.08. The van der Waals surface area contributed by atoms with Crippen molar-refractivity contribution in [2.75, 3.05) is 0 Å². The van der Waals surface area contributed by atoms with Gasteiger partial charge in [0.25, 0.3) is 0 Å². The molecule has 0 aliphatic rings. The molecular weight excluding hydrogens is 153 g/mol. The van der Waals surface area contributed by atoms with Crippen LogP contribution in [0.5, 0.6) is 0 Å². The van der Waals surface area contributed by atoms with Crippen LogP contribution in [0.15, 0.2) is 30.3 Å². The van der Waals surface area contributed by atoms with Gasteiger partial charge in [-0.05, 0) is 0 Å². The van der Waals surface area contributed by atoms with E-state index in [-0.39, 0.29) is 25.0 Å². The standard InChI is InChI=1S/C6H5.O.Zn/c1-2-4-6-5-3-1;;/h1-5H;;/q-1;-2;+2. The van der Waals surface area contributed by atoms with Crippen molar-refractivity contribution in [1.29, 1.82) is 0 Å². The van der Waals surface area contributed by atoms with E-state index in [9.17, 15) is 0 Å². The minimum atomic E-state index is 0. The molecule has 38 valence electrons. The van der Waals surface area contributed by atoms with Gasteiger partial charge in [0.05, 0.1) is 0 Å². The third-order valence-corrected chi connectivity index (χ3v) is 0.607. The zero-order valence-corrected chi connectivity index (χ0v) is 7.47. The van der Waals surface area contributed by atoms with Crippen molar-refractivity contribution in [3.8, 4) is 0 Å². The maximum atomic E-state index is 2.89. The molecule has 0 aliphatic heterocycles. The average Bonchev–Trinajstić information content (AvgIpc) is 1.72. The van der Waals surface area contributed by atoms with Crippen molar-refractivity contribution >= 4 is 0 Å². The maximum Gasteiger partial charge on any atom is 2.00 e. The Hall–Kier alpha value is -0.197. The summed E-state index contributed by atoms with van der Waals surface area (Å²) >= 11 is 0. The summed E-state index contributed by atoms with van der Waals surface area (Å²) in [5, 5.41) is 0. The van der Waals surface area contributed by atoms with Crippen molar-refractivity contribution in [3.63, 3.8) is 0 Å². The van der Waals surface area contributed by atoms with Crippen LogP contribution < -0.4 is 0 Å². The Kier molecular flexibility index (Phi) is 9.12. The number of benzene rings is 1. The molecule has 8 heavy (non-hydrogen) atoms. The Morgan fingerprint density at radius 1 is 0.875 bits per heavy atom. The molecule has 1 rings (SSSR count). The largest absolute Gasteiger partial charge is 2.00 e. The van der Waals surface area contributed by atoms with E-state index in [2.05, 4.69) is 6.07 Å². The van der Waals surface area contributed by atoms with Gasteiger partial charge in [-0.2, -0.15) is 36.4 Å². The summed E-state index contributed by atoms with van der Waals surface area (Å²) in [6.45, 7) is 0. The maximum absolute atomic E-state index is 2.89. The monoisotopic (exact) mass is 157 g/mol. The Labute approximate surface area is 61.8 Å². The first-order valence-electron chi connectivity index (χ1n) is 1.91. The second kappa shape index (κ2) is 6.80. The van der Waals surface area contributed by atoms with Crippen LogP contribution in [0.4, 0.5) is 0 Å². The third kappa shape index (κ3) is 3.98. The molecule has 0 saturated carbocycles. The molecule has 0 saturated heterocycles. The summed E-state index contributed by atoms with van der Waals surface area (Å²) in [5.74, 6) is 0. The van der Waals surface area contributed by atoms with Gasteiger partial charge in [0.1, 0.15) is 0 Å². The molecule has 0 atom stereocenters. The van der Waals surface area contributed by atoms with E-state index < -0.39 is 0 Å². The van der Waals surface area contributed by atoms with Gasteiger partial charge in [0.2, 0.25) is 0 Å². The molecule has 1 aromatic carbocycles. The molecule has 0 spiro atoms. The van der Waals surface area contributed by atoms with E-state index in [1.807, 2.05) is 30.3 Å². The van der Waals surface area contributed by atoms with Gasteiger partial charge in [-0.3, -0.25) is 0 Å². The summed E-state index contributed by atoms with van der Waals surface area (Å²) in [6.07, 6.45) is 0. The molecule has 0 aliphatic carbocycles. The third-order valence-electron chi connectivity index (χ3n) is 0.607. The Bertz CT molecular complexity index is 80.5. The fraction of sp³-hybridized carbons (Fsp3) is 0. The predicted molar refractivity (Wildman–Crippen MR) is 26.0 cm³/mol. The fourth-order valence-electron chi connectivity index (χ4n) is 0.342. The van der Waals surface area contributed by atoms with Crippen LogP contribution in [0.1, 0.15) is 0 Å². The molecule has 0 bridgehead atoms. The summed E-state index contributed by atoms with van der Waals surface area (Å²) in [7, 11) is 0. The van der Waals surface area contributed by atoms with E-state index in [0.29, 0.717) is 0 Å². The molecule has 0 N–H and O–H groups in total. The van der Waals surface area contributed by atoms with Crippen LogP contribution in [0.25, 0.3) is 0 Å². The molecule has 0 amide bonds. The minimum Gasteiger partial charge on any atom is -2.00 e. The molecule has 0 heterocycles. The molecule has 0 aromatic heterocycles. The first kappa shape index (κ1) is 10.7. The topological polar surface area (TPSA) is 28.5 Å². The van der Waals surface area contributed by atoms with Gasteiger partial charge >= 0.3 is 19.5 Å². The second-order valence-electron chi connectivity index (χ2n) is 1.08. The van der Waals surface area contributed by atoms with E-state index in [0.717, 1.165) is 0 Å². The van der Waals surface area contributed by atoms with Crippen LogP contribution in [0, 0.1) is 6.07 Å². The fourth-order valence-corrected chi connectivity index (χ4v) is 0.342. The predicted octanol–water partition coefficient (Wildman–Crippen LogP) is 1.37. The van der Waals surface area contributed by atoms with E-state index in [4.69, 9.17) is 0 Å². The van der Waals surface area contributed by atoms with Gasteiger partial charge in [0, 0.05) is 0 Å². The first-order chi connectivity index (χ1) is 3.00. The van der Waals surface area contributed by atoms with Crippen molar-refractivity contribution < 1.29 is 25.0 Å². The number of rotatable bonds is 0. The van der Waals surface area contributed by atoms with Crippen LogP contribution in [0.3, 0.4) is 0 Å². The van der Waals surface area contributed by atoms with Gasteiger partial charge < -0.3 is 5.48 Å². The van der Waals surface area contributed by atoms with E-state index in [1.165, 1.54) is 0 Å². The molecular formula is C6H5OZn-. The molecule has 1 aromatic rings. The zero-order valence-electron chi connectivity index (χ0n) is 4.50. The molecule has 0 fully saturated rings. The van der Waals surface area contributed by atoms with Crippen molar-refractivity contribution in [3.05, 3.63) is 36.4 Å². The van der Waals surface area contributed by atoms with Crippen LogP contribution in [-0.2, 0) is 25.0 Å². The SMILES string of the molecule is [O-2].[Zn+2].[c-]1ccccc1. The summed E-state index contributed by atoms with van der Waals surface area (Å²) < 4.78 is 0. The van der Waals surface area contributed by atoms with Crippen molar-refractivity contribution in [2.45, 2.75) is 0 Å². The molecule has 0 unspecified atom stereocenters. The first-order valence-corrected chi connectivity index (χ1v) is 1.91. The minimum absolute atomic E-state index is 0.